The molecular formula is C16H18FN3O3S. The summed E-state index contributed by atoms with van der Waals surface area (Å²) in [5.41, 5.74) is 1.22. The van der Waals surface area contributed by atoms with Crippen LogP contribution in [0.3, 0.4) is 0 Å². The monoisotopic (exact) mass is 351 g/mol. The van der Waals surface area contributed by atoms with Gasteiger partial charge >= 0.3 is 0 Å². The maximum atomic E-state index is 13.0. The fourth-order valence-electron chi connectivity index (χ4n) is 2.09. The number of anilines is 1. The number of halogens is 1. The first-order valence-electron chi connectivity index (χ1n) is 7.25. The Hall–Kier alpha value is -2.48. The summed E-state index contributed by atoms with van der Waals surface area (Å²) in [5.74, 6) is -0.732. The van der Waals surface area contributed by atoms with Crippen molar-refractivity contribution in [2.24, 2.45) is 0 Å². The molecule has 24 heavy (non-hydrogen) atoms. The van der Waals surface area contributed by atoms with E-state index in [2.05, 4.69) is 10.3 Å². The van der Waals surface area contributed by atoms with Gasteiger partial charge in [-0.1, -0.05) is 0 Å². The molecule has 0 unspecified atom stereocenters. The molecule has 0 radical (unpaired) electrons. The Morgan fingerprint density at radius 1 is 1.17 bits per heavy atom. The number of nitrogens with zero attached hydrogens (tertiary/aromatic N) is 2. The summed E-state index contributed by atoms with van der Waals surface area (Å²) in [4.78, 5) is 15.8. The standard InChI is InChI=1S/C16H18FN3O3S/c1-24(22,23)20(15-4-2-14(17)3-5-15)11-8-16(21)19-12-13-6-9-18-10-7-13/h2-7,9-10H,8,11-12H2,1H3,(H,19,21). The number of benzene rings is 1. The lowest BCUT2D eigenvalue weighted by atomic mass is 10.2. The fraction of sp³-hybridized carbons (Fsp3) is 0.250. The summed E-state index contributed by atoms with van der Waals surface area (Å²) in [5, 5.41) is 2.72. The molecule has 1 N–H and O–H groups in total. The lowest BCUT2D eigenvalue weighted by Crippen LogP contribution is -2.34. The second-order valence-electron chi connectivity index (χ2n) is 5.19. The minimum absolute atomic E-state index is 0.00443. The first-order chi connectivity index (χ1) is 11.4. The molecule has 2 rings (SSSR count). The predicted molar refractivity (Wildman–Crippen MR) is 89.3 cm³/mol. The number of hydrogen-bond donors (Lipinski definition) is 1. The SMILES string of the molecule is CS(=O)(=O)N(CCC(=O)NCc1ccncc1)c1ccc(F)cc1. The minimum atomic E-state index is -3.57. The van der Waals surface area contributed by atoms with Gasteiger partial charge in [0.1, 0.15) is 5.82 Å². The molecule has 1 aromatic heterocycles. The van der Waals surface area contributed by atoms with E-state index in [-0.39, 0.29) is 18.9 Å². The predicted octanol–water partition coefficient (Wildman–Crippen LogP) is 1.69. The van der Waals surface area contributed by atoms with E-state index in [1.54, 1.807) is 24.5 Å². The van der Waals surface area contributed by atoms with E-state index in [1.807, 2.05) is 0 Å². The van der Waals surface area contributed by atoms with Crippen LogP contribution in [0, 0.1) is 5.82 Å². The molecule has 128 valence electrons. The Bertz CT molecular complexity index is 780. The zero-order valence-corrected chi connectivity index (χ0v) is 14.0. The Balaban J connectivity index is 1.95. The van der Waals surface area contributed by atoms with Gasteiger partial charge in [-0.25, -0.2) is 12.8 Å². The topological polar surface area (TPSA) is 79.4 Å². The number of carbonyl (C=O) groups is 1. The Kier molecular flexibility index (Phi) is 5.86. The number of sulfonamides is 1. The molecule has 8 heteroatoms. The molecule has 1 amide bonds. The van der Waals surface area contributed by atoms with Crippen LogP contribution >= 0.6 is 0 Å². The minimum Gasteiger partial charge on any atom is -0.352 e. The van der Waals surface area contributed by atoms with Crippen molar-refractivity contribution >= 4 is 21.6 Å². The molecule has 0 aliphatic carbocycles. The molecule has 1 aromatic carbocycles. The first kappa shape index (κ1) is 17.9. The van der Waals surface area contributed by atoms with Crippen LogP contribution in [-0.2, 0) is 21.4 Å². The third-order valence-electron chi connectivity index (χ3n) is 3.30. The van der Waals surface area contributed by atoms with E-state index in [1.165, 1.54) is 24.3 Å². The van der Waals surface area contributed by atoms with Crippen molar-refractivity contribution in [1.82, 2.24) is 10.3 Å². The summed E-state index contributed by atoms with van der Waals surface area (Å²) in [6.07, 6.45) is 4.30. The number of rotatable bonds is 7. The summed E-state index contributed by atoms with van der Waals surface area (Å²) in [7, 11) is -3.57. The normalized spacial score (nSPS) is 11.1. The summed E-state index contributed by atoms with van der Waals surface area (Å²) in [6.45, 7) is 0.323. The molecule has 2 aromatic rings. The Morgan fingerprint density at radius 3 is 2.38 bits per heavy atom. The third kappa shape index (κ3) is 5.31. The van der Waals surface area contributed by atoms with E-state index in [9.17, 15) is 17.6 Å². The van der Waals surface area contributed by atoms with Crippen molar-refractivity contribution < 1.29 is 17.6 Å². The maximum Gasteiger partial charge on any atom is 0.232 e. The highest BCUT2D eigenvalue weighted by atomic mass is 32.2. The highest BCUT2D eigenvalue weighted by Gasteiger charge is 2.18. The number of aromatic nitrogens is 1. The van der Waals surface area contributed by atoms with Crippen LogP contribution in [0.15, 0.2) is 48.8 Å². The van der Waals surface area contributed by atoms with Gasteiger partial charge in [-0.2, -0.15) is 0 Å². The Morgan fingerprint density at radius 2 is 1.79 bits per heavy atom. The van der Waals surface area contributed by atoms with Gasteiger partial charge in [0.2, 0.25) is 15.9 Å². The smallest absolute Gasteiger partial charge is 0.232 e. The molecule has 0 saturated carbocycles. The van der Waals surface area contributed by atoms with E-state index >= 15 is 0 Å². The summed E-state index contributed by atoms with van der Waals surface area (Å²) >= 11 is 0. The summed E-state index contributed by atoms with van der Waals surface area (Å²) < 4.78 is 37.9. The molecule has 0 saturated heterocycles. The molecule has 0 atom stereocenters. The first-order valence-corrected chi connectivity index (χ1v) is 9.10. The number of hydrogen-bond acceptors (Lipinski definition) is 4. The van der Waals surface area contributed by atoms with E-state index in [0.29, 0.717) is 12.2 Å². The van der Waals surface area contributed by atoms with Crippen LogP contribution < -0.4 is 9.62 Å². The second kappa shape index (κ2) is 7.87. The van der Waals surface area contributed by atoms with Crippen molar-refractivity contribution in [2.45, 2.75) is 13.0 Å². The number of carbonyl (C=O) groups excluding carboxylic acids is 1. The van der Waals surface area contributed by atoms with E-state index in [0.717, 1.165) is 16.1 Å². The van der Waals surface area contributed by atoms with Crippen LogP contribution in [0.5, 0.6) is 0 Å². The fourth-order valence-corrected chi connectivity index (χ4v) is 3.01. The molecule has 0 aliphatic heterocycles. The third-order valence-corrected chi connectivity index (χ3v) is 4.49. The molecule has 0 fully saturated rings. The van der Waals surface area contributed by atoms with Crippen LogP contribution in [0.25, 0.3) is 0 Å². The van der Waals surface area contributed by atoms with Crippen molar-refractivity contribution in [3.05, 3.63) is 60.2 Å². The van der Waals surface area contributed by atoms with Gasteiger partial charge in [-0.15, -0.1) is 0 Å². The highest BCUT2D eigenvalue weighted by molar-refractivity contribution is 7.92. The Labute approximate surface area is 140 Å². The van der Waals surface area contributed by atoms with Gasteiger partial charge in [-0.05, 0) is 42.0 Å². The molecule has 0 spiro atoms. The average molecular weight is 351 g/mol. The lowest BCUT2D eigenvalue weighted by Gasteiger charge is -2.22. The largest absolute Gasteiger partial charge is 0.352 e. The van der Waals surface area contributed by atoms with Crippen LogP contribution in [0.4, 0.5) is 10.1 Å². The van der Waals surface area contributed by atoms with E-state index < -0.39 is 15.8 Å². The van der Waals surface area contributed by atoms with Crippen LogP contribution in [0.2, 0.25) is 0 Å². The number of pyridine rings is 1. The van der Waals surface area contributed by atoms with Gasteiger partial charge < -0.3 is 5.32 Å². The van der Waals surface area contributed by atoms with Crippen LogP contribution in [-0.4, -0.2) is 32.1 Å². The lowest BCUT2D eigenvalue weighted by molar-refractivity contribution is -0.121. The highest BCUT2D eigenvalue weighted by Crippen LogP contribution is 2.18. The average Bonchev–Trinajstić information content (AvgIpc) is 2.54. The maximum absolute atomic E-state index is 13.0. The van der Waals surface area contributed by atoms with Gasteiger partial charge in [0.25, 0.3) is 0 Å². The second-order valence-corrected chi connectivity index (χ2v) is 7.10. The van der Waals surface area contributed by atoms with Crippen molar-refractivity contribution in [2.75, 3.05) is 17.1 Å². The van der Waals surface area contributed by atoms with Crippen molar-refractivity contribution in [3.63, 3.8) is 0 Å². The van der Waals surface area contributed by atoms with Gasteiger partial charge in [0.15, 0.2) is 0 Å². The summed E-state index contributed by atoms with van der Waals surface area (Å²) in [6, 6.07) is 8.65. The molecule has 0 bridgehead atoms. The van der Waals surface area contributed by atoms with Gasteiger partial charge in [0, 0.05) is 31.9 Å². The van der Waals surface area contributed by atoms with Crippen LogP contribution in [0.1, 0.15) is 12.0 Å². The van der Waals surface area contributed by atoms with Gasteiger partial charge in [-0.3, -0.25) is 14.1 Å². The van der Waals surface area contributed by atoms with Crippen molar-refractivity contribution in [3.8, 4) is 0 Å². The van der Waals surface area contributed by atoms with Crippen molar-refractivity contribution in [1.29, 1.82) is 0 Å². The van der Waals surface area contributed by atoms with E-state index in [4.69, 9.17) is 0 Å². The molecule has 0 aliphatic rings. The van der Waals surface area contributed by atoms with Gasteiger partial charge in [0.05, 0.1) is 11.9 Å². The number of amides is 1. The number of nitrogens with one attached hydrogen (secondary N) is 1. The zero-order chi connectivity index (χ0) is 17.6. The molecule has 6 nitrogen and oxygen atoms in total. The molecular weight excluding hydrogens is 333 g/mol. The molecule has 1 heterocycles. The quantitative estimate of drug-likeness (QED) is 0.823. The zero-order valence-electron chi connectivity index (χ0n) is 13.1.